The highest BCUT2D eigenvalue weighted by atomic mass is 35.5. The second-order valence-electron chi connectivity index (χ2n) is 9.21. The van der Waals surface area contributed by atoms with Crippen LogP contribution in [0.3, 0.4) is 0 Å². The number of hydrogen-bond acceptors (Lipinski definition) is 5. The van der Waals surface area contributed by atoms with E-state index in [4.69, 9.17) is 21.4 Å². The van der Waals surface area contributed by atoms with Gasteiger partial charge in [-0.15, -0.1) is 0 Å². The van der Waals surface area contributed by atoms with E-state index in [1.165, 1.54) is 17.8 Å². The molecule has 3 N–H and O–H groups in total. The maximum Gasteiger partial charge on any atom is 0.432 e. The number of para-hydroxylation sites is 1. The topological polar surface area (TPSA) is 95.9 Å². The van der Waals surface area contributed by atoms with Crippen LogP contribution in [0.25, 0.3) is 0 Å². The molecule has 1 unspecified atom stereocenters. The Morgan fingerprint density at radius 1 is 0.881 bits per heavy atom. The lowest BCUT2D eigenvalue weighted by Crippen LogP contribution is -2.49. The molecule has 4 aromatic carbocycles. The number of aliphatic carboxylic acids is 1. The van der Waals surface area contributed by atoms with Gasteiger partial charge in [-0.3, -0.25) is 4.79 Å². The number of carboxylic acid groups (broad SMARTS) is 1. The van der Waals surface area contributed by atoms with Crippen LogP contribution in [0.15, 0.2) is 107 Å². The van der Waals surface area contributed by atoms with Crippen molar-refractivity contribution in [1.29, 1.82) is 0 Å². The molecule has 0 bridgehead atoms. The number of benzene rings is 4. The molecule has 0 saturated heterocycles. The lowest BCUT2D eigenvalue weighted by molar-refractivity contribution is -0.265. The second-order valence-corrected chi connectivity index (χ2v) is 10.8. The van der Waals surface area contributed by atoms with Crippen molar-refractivity contribution < 1.29 is 37.7 Å². The van der Waals surface area contributed by atoms with E-state index in [-0.39, 0.29) is 12.8 Å². The van der Waals surface area contributed by atoms with Crippen molar-refractivity contribution in [1.82, 2.24) is 0 Å². The Labute approximate surface area is 249 Å². The van der Waals surface area contributed by atoms with Gasteiger partial charge in [-0.2, -0.15) is 13.2 Å². The van der Waals surface area contributed by atoms with Gasteiger partial charge in [-0.05, 0) is 53.9 Å². The van der Waals surface area contributed by atoms with Crippen LogP contribution in [0.4, 0.5) is 18.9 Å². The zero-order chi connectivity index (χ0) is 30.3. The third-order valence-corrected chi connectivity index (χ3v) is 7.58. The van der Waals surface area contributed by atoms with Crippen LogP contribution < -0.4 is 10.1 Å². The average molecular weight is 616 g/mol. The largest absolute Gasteiger partial charge is 0.489 e. The molecule has 4 aromatic rings. The first-order valence-electron chi connectivity index (χ1n) is 12.6. The quantitative estimate of drug-likeness (QED) is 0.162. The van der Waals surface area contributed by atoms with Crippen LogP contribution in [-0.2, 0) is 28.2 Å². The number of carboxylic acids is 1. The number of amides is 1. The van der Waals surface area contributed by atoms with Gasteiger partial charge in [0.2, 0.25) is 5.91 Å². The molecule has 42 heavy (non-hydrogen) atoms. The highest BCUT2D eigenvalue weighted by Crippen LogP contribution is 2.42. The molecule has 0 aliphatic rings. The van der Waals surface area contributed by atoms with Crippen molar-refractivity contribution in [3.8, 4) is 5.75 Å². The Morgan fingerprint density at radius 2 is 1.57 bits per heavy atom. The number of carbonyl (C=O) groups is 2. The zero-order valence-electron chi connectivity index (χ0n) is 21.9. The molecule has 0 fully saturated rings. The molecule has 1 atom stereocenters. The number of aliphatic hydroxyl groups is 1. The van der Waals surface area contributed by atoms with E-state index in [1.54, 1.807) is 12.1 Å². The van der Waals surface area contributed by atoms with Gasteiger partial charge in [0.05, 0.1) is 0 Å². The monoisotopic (exact) mass is 615 g/mol. The number of alkyl halides is 3. The minimum absolute atomic E-state index is 0.154. The molecule has 0 heterocycles. The van der Waals surface area contributed by atoms with Crippen LogP contribution >= 0.6 is 23.4 Å². The summed E-state index contributed by atoms with van der Waals surface area (Å²) >= 11 is 7.94. The van der Waals surface area contributed by atoms with Crippen LogP contribution in [0.1, 0.15) is 23.1 Å². The molecule has 0 saturated carbocycles. The van der Waals surface area contributed by atoms with Crippen molar-refractivity contribution in [3.63, 3.8) is 0 Å². The molecule has 11 heteroatoms. The summed E-state index contributed by atoms with van der Waals surface area (Å²) in [5.41, 5.74) is -3.95. The number of nitrogens with one attached hydrogen (secondary N) is 1. The maximum atomic E-state index is 13.5. The maximum absolute atomic E-state index is 13.5. The van der Waals surface area contributed by atoms with Gasteiger partial charge in [0.15, 0.2) is 0 Å². The summed E-state index contributed by atoms with van der Waals surface area (Å²) < 4.78 is 46.4. The standard InChI is InChI=1S/C31H25ClF3NO5S/c32-26-18-24(42-23-10-6-9-22(17-23)41-19-20-7-2-1-3-8-20)15-13-21(26)14-16-28(37)36-27-12-5-4-11-25(27)30(40,29(38)39)31(33,34)35/h1-13,15,17-18,40H,14,16,19H2,(H,36,37)(H,38,39). The highest BCUT2D eigenvalue weighted by molar-refractivity contribution is 7.99. The van der Waals surface area contributed by atoms with E-state index < -0.39 is 34.9 Å². The number of aryl methyl sites for hydroxylation is 1. The number of anilines is 1. The summed E-state index contributed by atoms with van der Waals surface area (Å²) in [4.78, 5) is 25.8. The Morgan fingerprint density at radius 3 is 2.26 bits per heavy atom. The number of rotatable bonds is 11. The fourth-order valence-corrected chi connectivity index (χ4v) is 5.30. The summed E-state index contributed by atoms with van der Waals surface area (Å²) in [6.07, 6.45) is -5.51. The van der Waals surface area contributed by atoms with Gasteiger partial charge in [0.25, 0.3) is 5.60 Å². The molecule has 218 valence electrons. The molecule has 0 spiro atoms. The Kier molecular flexibility index (Phi) is 9.82. The number of halogens is 4. The molecule has 0 radical (unpaired) electrons. The zero-order valence-corrected chi connectivity index (χ0v) is 23.5. The van der Waals surface area contributed by atoms with Crippen LogP contribution in [0.5, 0.6) is 5.75 Å². The fraction of sp³-hybridized carbons (Fsp3) is 0.161. The number of carbonyl (C=O) groups excluding carboxylic acids is 1. The summed E-state index contributed by atoms with van der Waals surface area (Å²) in [7, 11) is 0. The molecule has 0 aromatic heterocycles. The first kappa shape index (κ1) is 31.0. The SMILES string of the molecule is O=C(CCc1ccc(Sc2cccc(OCc3ccccc3)c2)cc1Cl)Nc1ccccc1C(O)(C(=O)O)C(F)(F)F. The van der Waals surface area contributed by atoms with Gasteiger partial charge in [-0.1, -0.05) is 84.0 Å². The van der Waals surface area contributed by atoms with Crippen molar-refractivity contribution in [2.24, 2.45) is 0 Å². The number of ether oxygens (including phenoxy) is 1. The van der Waals surface area contributed by atoms with Crippen LogP contribution in [-0.4, -0.2) is 28.3 Å². The summed E-state index contributed by atoms with van der Waals surface area (Å²) in [5.74, 6) is -2.47. The van der Waals surface area contributed by atoms with Gasteiger partial charge < -0.3 is 20.3 Å². The summed E-state index contributed by atoms with van der Waals surface area (Å²) in [6, 6.07) is 27.1. The average Bonchev–Trinajstić information content (AvgIpc) is 2.95. The number of hydrogen-bond donors (Lipinski definition) is 3. The van der Waals surface area contributed by atoms with E-state index in [1.807, 2.05) is 60.7 Å². The third-order valence-electron chi connectivity index (χ3n) is 6.25. The molecule has 1 amide bonds. The van der Waals surface area contributed by atoms with E-state index >= 15 is 0 Å². The predicted octanol–water partition coefficient (Wildman–Crippen LogP) is 7.48. The van der Waals surface area contributed by atoms with Crippen molar-refractivity contribution in [2.45, 2.75) is 41.0 Å². The third kappa shape index (κ3) is 7.44. The van der Waals surface area contributed by atoms with Gasteiger partial charge in [-0.25, -0.2) is 4.79 Å². The van der Waals surface area contributed by atoms with E-state index in [9.17, 15) is 27.9 Å². The van der Waals surface area contributed by atoms with Gasteiger partial charge in [0, 0.05) is 32.5 Å². The molecule has 0 aliphatic carbocycles. The summed E-state index contributed by atoms with van der Waals surface area (Å²) in [6.45, 7) is 0.442. The summed E-state index contributed by atoms with van der Waals surface area (Å²) in [5, 5.41) is 21.9. The normalized spacial score (nSPS) is 12.8. The van der Waals surface area contributed by atoms with Gasteiger partial charge >= 0.3 is 12.1 Å². The van der Waals surface area contributed by atoms with E-state index in [0.29, 0.717) is 17.2 Å². The smallest absolute Gasteiger partial charge is 0.432 e. The van der Waals surface area contributed by atoms with E-state index in [2.05, 4.69) is 5.32 Å². The van der Waals surface area contributed by atoms with Gasteiger partial charge in [0.1, 0.15) is 12.4 Å². The molecular formula is C31H25ClF3NO5S. The van der Waals surface area contributed by atoms with Crippen molar-refractivity contribution in [3.05, 3.63) is 119 Å². The van der Waals surface area contributed by atoms with Crippen molar-refractivity contribution >= 4 is 40.9 Å². The minimum Gasteiger partial charge on any atom is -0.489 e. The van der Waals surface area contributed by atoms with Crippen molar-refractivity contribution in [2.75, 3.05) is 5.32 Å². The molecule has 0 aliphatic heterocycles. The predicted molar refractivity (Wildman–Crippen MR) is 154 cm³/mol. The molecule has 6 nitrogen and oxygen atoms in total. The first-order chi connectivity index (χ1) is 20.0. The highest BCUT2D eigenvalue weighted by Gasteiger charge is 2.62. The second kappa shape index (κ2) is 13.3. The lowest BCUT2D eigenvalue weighted by Gasteiger charge is -2.28. The minimum atomic E-state index is -5.52. The fourth-order valence-electron chi connectivity index (χ4n) is 4.06. The molecular weight excluding hydrogens is 591 g/mol. The lowest BCUT2D eigenvalue weighted by atomic mass is 9.91. The van der Waals surface area contributed by atoms with E-state index in [0.717, 1.165) is 39.3 Å². The first-order valence-corrected chi connectivity index (χ1v) is 13.8. The molecule has 4 rings (SSSR count). The van der Waals surface area contributed by atoms with Crippen LogP contribution in [0, 0.1) is 0 Å². The Hall–Kier alpha value is -3.99. The van der Waals surface area contributed by atoms with Crippen LogP contribution in [0.2, 0.25) is 5.02 Å². The Bertz CT molecular complexity index is 1570. The Balaban J connectivity index is 1.37.